The van der Waals surface area contributed by atoms with Gasteiger partial charge in [0.05, 0.1) is 11.8 Å². The lowest BCUT2D eigenvalue weighted by atomic mass is 9.94. The Morgan fingerprint density at radius 3 is 1.77 bits per heavy atom. The van der Waals surface area contributed by atoms with Gasteiger partial charge in [0.15, 0.2) is 0 Å². The van der Waals surface area contributed by atoms with E-state index >= 15 is 0 Å². The molecular formula is C25H22Cl2O4. The molecule has 0 saturated heterocycles. The number of hydrogen-bond donors (Lipinski definition) is 2. The normalized spacial score (nSPS) is 11.2. The zero-order valence-corrected chi connectivity index (χ0v) is 18.5. The van der Waals surface area contributed by atoms with Gasteiger partial charge in [-0.25, -0.2) is 0 Å². The molecule has 4 aromatic carbocycles. The molecule has 0 aliphatic rings. The number of alkyl halides is 2. The maximum Gasteiger partial charge on any atom is 0.131 e. The molecule has 0 radical (unpaired) electrons. The molecule has 0 atom stereocenters. The Balaban J connectivity index is 2.01. The van der Waals surface area contributed by atoms with Crippen LogP contribution in [-0.2, 0) is 0 Å². The van der Waals surface area contributed by atoms with E-state index in [0.29, 0.717) is 58.4 Å². The molecule has 4 nitrogen and oxygen atoms in total. The number of phenolic OH excluding ortho intramolecular Hbond substituents is 2. The average molecular weight is 457 g/mol. The van der Waals surface area contributed by atoms with E-state index < -0.39 is 0 Å². The van der Waals surface area contributed by atoms with Crippen molar-refractivity contribution in [2.24, 2.45) is 0 Å². The van der Waals surface area contributed by atoms with Gasteiger partial charge in [-0.2, -0.15) is 0 Å². The minimum atomic E-state index is 0.0545. The Kier molecular flexibility index (Phi) is 6.30. The second kappa shape index (κ2) is 9.13. The van der Waals surface area contributed by atoms with Crippen molar-refractivity contribution in [2.75, 3.05) is 25.0 Å². The molecule has 2 N–H and O–H groups in total. The van der Waals surface area contributed by atoms with Crippen molar-refractivity contribution >= 4 is 44.7 Å². The van der Waals surface area contributed by atoms with Gasteiger partial charge in [0.2, 0.25) is 0 Å². The predicted molar refractivity (Wildman–Crippen MR) is 127 cm³/mol. The molecule has 160 valence electrons. The van der Waals surface area contributed by atoms with Crippen molar-refractivity contribution < 1.29 is 19.7 Å². The highest BCUT2D eigenvalue weighted by molar-refractivity contribution is 6.18. The first-order valence-corrected chi connectivity index (χ1v) is 11.0. The van der Waals surface area contributed by atoms with Crippen molar-refractivity contribution in [3.8, 4) is 34.1 Å². The zero-order valence-electron chi connectivity index (χ0n) is 17.0. The summed E-state index contributed by atoms with van der Waals surface area (Å²) in [5.41, 5.74) is 1.93. The Bertz CT molecular complexity index is 1250. The van der Waals surface area contributed by atoms with Crippen LogP contribution in [0.1, 0.15) is 5.56 Å². The molecule has 0 aliphatic heterocycles. The van der Waals surface area contributed by atoms with Crippen LogP contribution in [0, 0.1) is 6.92 Å². The fourth-order valence-corrected chi connectivity index (χ4v) is 3.92. The third kappa shape index (κ3) is 4.06. The summed E-state index contributed by atoms with van der Waals surface area (Å²) in [6, 6.07) is 16.6. The Labute approximate surface area is 190 Å². The summed E-state index contributed by atoms with van der Waals surface area (Å²) in [6.45, 7) is 2.62. The minimum Gasteiger partial charge on any atom is -0.507 e. The number of ether oxygens (including phenoxy) is 2. The van der Waals surface area contributed by atoms with Gasteiger partial charge in [0.25, 0.3) is 0 Å². The number of aryl methyl sites for hydroxylation is 1. The first kappa shape index (κ1) is 21.4. The van der Waals surface area contributed by atoms with E-state index in [0.717, 1.165) is 16.3 Å². The smallest absolute Gasteiger partial charge is 0.131 e. The van der Waals surface area contributed by atoms with E-state index in [1.807, 2.05) is 49.4 Å². The van der Waals surface area contributed by atoms with Gasteiger partial charge >= 0.3 is 0 Å². The van der Waals surface area contributed by atoms with Crippen molar-refractivity contribution in [1.29, 1.82) is 0 Å². The Morgan fingerprint density at radius 1 is 0.677 bits per heavy atom. The molecule has 0 unspecified atom stereocenters. The Hall–Kier alpha value is -2.82. The molecule has 4 aromatic rings. The van der Waals surface area contributed by atoms with Gasteiger partial charge in [0.1, 0.15) is 36.2 Å². The quantitative estimate of drug-likeness (QED) is 0.307. The number of benzene rings is 4. The first-order valence-electron chi connectivity index (χ1n) is 9.94. The summed E-state index contributed by atoms with van der Waals surface area (Å²) in [5.74, 6) is 1.95. The number of rotatable bonds is 7. The average Bonchev–Trinajstić information content (AvgIpc) is 2.78. The molecule has 0 fully saturated rings. The maximum absolute atomic E-state index is 11.2. The molecule has 0 aromatic heterocycles. The van der Waals surface area contributed by atoms with E-state index in [-0.39, 0.29) is 11.5 Å². The van der Waals surface area contributed by atoms with Gasteiger partial charge in [-0.1, -0.05) is 42.0 Å². The van der Waals surface area contributed by atoms with Crippen LogP contribution < -0.4 is 9.47 Å². The van der Waals surface area contributed by atoms with Gasteiger partial charge in [-0.05, 0) is 25.1 Å². The van der Waals surface area contributed by atoms with Crippen LogP contribution in [0.5, 0.6) is 23.0 Å². The molecule has 0 heterocycles. The molecule has 4 rings (SSSR count). The highest BCUT2D eigenvalue weighted by Gasteiger charge is 2.20. The van der Waals surface area contributed by atoms with Crippen LogP contribution in [0.4, 0.5) is 0 Å². The molecule has 6 heteroatoms. The second-order valence-corrected chi connectivity index (χ2v) is 7.97. The van der Waals surface area contributed by atoms with Crippen LogP contribution >= 0.6 is 23.2 Å². The summed E-state index contributed by atoms with van der Waals surface area (Å²) in [6.07, 6.45) is 0. The van der Waals surface area contributed by atoms with Crippen LogP contribution in [0.15, 0.2) is 54.6 Å². The molecule has 0 aliphatic carbocycles. The highest BCUT2D eigenvalue weighted by Crippen LogP contribution is 2.48. The maximum atomic E-state index is 11.2. The summed E-state index contributed by atoms with van der Waals surface area (Å²) in [5, 5.41) is 25.1. The largest absolute Gasteiger partial charge is 0.507 e. The first-order chi connectivity index (χ1) is 15.0. The molecule has 0 spiro atoms. The molecule has 0 saturated carbocycles. The highest BCUT2D eigenvalue weighted by atomic mass is 35.5. The zero-order chi connectivity index (χ0) is 22.0. The van der Waals surface area contributed by atoms with Crippen LogP contribution in [0.25, 0.3) is 32.7 Å². The van der Waals surface area contributed by atoms with E-state index in [9.17, 15) is 10.2 Å². The third-order valence-electron chi connectivity index (χ3n) is 5.16. The van der Waals surface area contributed by atoms with Gasteiger partial charge in [0, 0.05) is 32.7 Å². The van der Waals surface area contributed by atoms with Crippen LogP contribution in [0.2, 0.25) is 0 Å². The van der Waals surface area contributed by atoms with E-state index in [1.165, 1.54) is 0 Å². The van der Waals surface area contributed by atoms with Gasteiger partial charge in [-0.3, -0.25) is 0 Å². The molecule has 31 heavy (non-hydrogen) atoms. The fourth-order valence-electron chi connectivity index (χ4n) is 3.76. The fraction of sp³-hybridized carbons (Fsp3) is 0.200. The van der Waals surface area contributed by atoms with Gasteiger partial charge < -0.3 is 19.7 Å². The summed E-state index contributed by atoms with van der Waals surface area (Å²) >= 11 is 11.7. The van der Waals surface area contributed by atoms with E-state index in [4.69, 9.17) is 32.7 Å². The summed E-state index contributed by atoms with van der Waals surface area (Å²) in [7, 11) is 0. The van der Waals surface area contributed by atoms with Crippen molar-refractivity contribution in [3.05, 3.63) is 60.2 Å². The predicted octanol–water partition coefficient (Wildman–Crippen LogP) is 6.61. The van der Waals surface area contributed by atoms with Crippen molar-refractivity contribution in [2.45, 2.75) is 6.92 Å². The summed E-state index contributed by atoms with van der Waals surface area (Å²) in [4.78, 5) is 0. The number of halogens is 2. The van der Waals surface area contributed by atoms with E-state index in [1.54, 1.807) is 12.1 Å². The SMILES string of the molecule is Cc1ccc2c(O)c(-c3cc(OCCCl)c4ccccc4c3O)cc(OCCCl)c2c1. The molecular weight excluding hydrogens is 435 g/mol. The monoisotopic (exact) mass is 456 g/mol. The summed E-state index contributed by atoms with van der Waals surface area (Å²) < 4.78 is 11.7. The number of phenols is 2. The lowest BCUT2D eigenvalue weighted by Crippen LogP contribution is -2.00. The molecule has 0 bridgehead atoms. The Morgan fingerprint density at radius 2 is 1.19 bits per heavy atom. The lowest BCUT2D eigenvalue weighted by molar-refractivity contribution is 0.346. The van der Waals surface area contributed by atoms with Crippen LogP contribution in [-0.4, -0.2) is 35.2 Å². The third-order valence-corrected chi connectivity index (χ3v) is 5.47. The van der Waals surface area contributed by atoms with E-state index in [2.05, 4.69) is 0 Å². The number of hydrogen-bond acceptors (Lipinski definition) is 4. The second-order valence-electron chi connectivity index (χ2n) is 7.21. The van der Waals surface area contributed by atoms with Crippen molar-refractivity contribution in [1.82, 2.24) is 0 Å². The number of fused-ring (bicyclic) bond motifs is 2. The van der Waals surface area contributed by atoms with Gasteiger partial charge in [-0.15, -0.1) is 23.2 Å². The topological polar surface area (TPSA) is 58.9 Å². The lowest BCUT2D eigenvalue weighted by Gasteiger charge is -2.18. The number of aromatic hydroxyl groups is 2. The minimum absolute atomic E-state index is 0.0545. The standard InChI is InChI=1S/C25H22Cl2O4/c1-15-6-7-18-19(12-15)23(31-11-9-27)14-21(25(18)29)20-13-22(30-10-8-26)16-4-2-3-5-17(16)24(20)28/h2-7,12-14,28-29H,8-11H2,1H3. The van der Waals surface area contributed by atoms with Crippen LogP contribution in [0.3, 0.4) is 0 Å². The molecule has 0 amide bonds. The van der Waals surface area contributed by atoms with Crippen molar-refractivity contribution in [3.63, 3.8) is 0 Å².